The van der Waals surface area contributed by atoms with Crippen LogP contribution in [0.1, 0.15) is 26.7 Å². The number of hydrogen-bond acceptors (Lipinski definition) is 4. The molecule has 1 aromatic carbocycles. The molecular weight excluding hydrogens is 268 g/mol. The van der Waals surface area contributed by atoms with Crippen molar-refractivity contribution in [1.29, 1.82) is 0 Å². The van der Waals surface area contributed by atoms with E-state index in [9.17, 15) is 4.79 Å². The highest BCUT2D eigenvalue weighted by Crippen LogP contribution is 2.28. The van der Waals surface area contributed by atoms with Crippen molar-refractivity contribution in [3.8, 4) is 11.5 Å². The van der Waals surface area contributed by atoms with E-state index in [4.69, 9.17) is 9.47 Å². The first-order chi connectivity index (χ1) is 10.2. The van der Waals surface area contributed by atoms with Crippen LogP contribution in [0.4, 0.5) is 5.69 Å². The van der Waals surface area contributed by atoms with E-state index in [2.05, 4.69) is 19.2 Å². The van der Waals surface area contributed by atoms with Gasteiger partial charge in [-0.2, -0.15) is 0 Å². The van der Waals surface area contributed by atoms with Crippen LogP contribution in [-0.4, -0.2) is 44.7 Å². The summed E-state index contributed by atoms with van der Waals surface area (Å²) in [6.45, 7) is 6.00. The first kappa shape index (κ1) is 17.1. The molecule has 5 heteroatoms. The Balaban J connectivity index is 2.70. The molecule has 0 aromatic heterocycles. The molecule has 0 saturated heterocycles. The first-order valence-electron chi connectivity index (χ1n) is 7.39. The maximum absolute atomic E-state index is 12.2. The smallest absolute Gasteiger partial charge is 0.241 e. The van der Waals surface area contributed by atoms with Crippen LogP contribution in [0.15, 0.2) is 18.2 Å². The van der Waals surface area contributed by atoms with Crippen LogP contribution in [0, 0.1) is 0 Å². The van der Waals surface area contributed by atoms with Crippen molar-refractivity contribution in [2.45, 2.75) is 26.7 Å². The third-order valence-corrected chi connectivity index (χ3v) is 3.18. The molecule has 0 saturated carbocycles. The van der Waals surface area contributed by atoms with Crippen LogP contribution >= 0.6 is 0 Å². The zero-order chi connectivity index (χ0) is 15.7. The molecule has 0 fully saturated rings. The number of nitrogens with zero attached hydrogens (tertiary/aromatic N) is 1. The van der Waals surface area contributed by atoms with Crippen LogP contribution < -0.4 is 14.8 Å². The van der Waals surface area contributed by atoms with Gasteiger partial charge in [0.25, 0.3) is 0 Å². The average Bonchev–Trinajstić information content (AvgIpc) is 2.52. The highest BCUT2D eigenvalue weighted by molar-refractivity contribution is 5.81. The van der Waals surface area contributed by atoms with Gasteiger partial charge in [0.2, 0.25) is 5.91 Å². The van der Waals surface area contributed by atoms with Crippen molar-refractivity contribution in [3.63, 3.8) is 0 Å². The third-order valence-electron chi connectivity index (χ3n) is 3.18. The van der Waals surface area contributed by atoms with Crippen LogP contribution in [0.2, 0.25) is 0 Å². The number of hydrogen-bond donors (Lipinski definition) is 1. The first-order valence-corrected chi connectivity index (χ1v) is 7.39. The summed E-state index contributed by atoms with van der Waals surface area (Å²) >= 11 is 0. The second-order valence-corrected chi connectivity index (χ2v) is 4.80. The zero-order valence-corrected chi connectivity index (χ0v) is 13.4. The molecule has 0 unspecified atom stereocenters. The molecule has 0 aliphatic carbocycles. The lowest BCUT2D eigenvalue weighted by Gasteiger charge is -2.22. The molecule has 21 heavy (non-hydrogen) atoms. The number of rotatable bonds is 9. The highest BCUT2D eigenvalue weighted by atomic mass is 16.5. The average molecular weight is 294 g/mol. The molecule has 118 valence electrons. The predicted molar refractivity (Wildman–Crippen MR) is 85.2 cm³/mol. The topological polar surface area (TPSA) is 50.8 Å². The summed E-state index contributed by atoms with van der Waals surface area (Å²) < 4.78 is 10.5. The molecule has 0 aliphatic heterocycles. The molecule has 0 radical (unpaired) electrons. The normalized spacial score (nSPS) is 10.1. The third kappa shape index (κ3) is 5.17. The Kier molecular flexibility index (Phi) is 7.43. The Bertz CT molecular complexity index is 443. The van der Waals surface area contributed by atoms with E-state index >= 15 is 0 Å². The summed E-state index contributed by atoms with van der Waals surface area (Å²) in [7, 11) is 3.22. The molecule has 0 aliphatic rings. The molecular formula is C16H26N2O3. The number of ether oxygens (including phenoxy) is 2. The van der Waals surface area contributed by atoms with Crippen LogP contribution in [0.3, 0.4) is 0 Å². The maximum atomic E-state index is 12.2. The van der Waals surface area contributed by atoms with Crippen molar-refractivity contribution in [3.05, 3.63) is 18.2 Å². The van der Waals surface area contributed by atoms with Crippen LogP contribution in [0.5, 0.6) is 11.5 Å². The van der Waals surface area contributed by atoms with Gasteiger partial charge in [-0.25, -0.2) is 0 Å². The molecule has 0 spiro atoms. The summed E-state index contributed by atoms with van der Waals surface area (Å²) in [6, 6.07) is 5.48. The van der Waals surface area contributed by atoms with Gasteiger partial charge in [0.1, 0.15) is 11.5 Å². The number of anilines is 1. The van der Waals surface area contributed by atoms with E-state index in [0.717, 1.165) is 37.4 Å². The van der Waals surface area contributed by atoms with Gasteiger partial charge in [0.05, 0.1) is 26.5 Å². The minimum absolute atomic E-state index is 0.101. The van der Waals surface area contributed by atoms with E-state index in [1.165, 1.54) is 0 Å². The van der Waals surface area contributed by atoms with Crippen molar-refractivity contribution in [2.24, 2.45) is 0 Å². The number of nitrogens with one attached hydrogen (secondary N) is 1. The Morgan fingerprint density at radius 3 is 2.33 bits per heavy atom. The predicted octanol–water partition coefficient (Wildman–Crippen LogP) is 2.76. The van der Waals surface area contributed by atoms with Crippen molar-refractivity contribution in [2.75, 3.05) is 39.2 Å². The Morgan fingerprint density at radius 1 is 1.14 bits per heavy atom. The molecule has 1 N–H and O–H groups in total. The quantitative estimate of drug-likeness (QED) is 0.761. The van der Waals surface area contributed by atoms with E-state index < -0.39 is 0 Å². The second kappa shape index (κ2) is 9.10. The van der Waals surface area contributed by atoms with Gasteiger partial charge < -0.3 is 19.7 Å². The molecule has 1 amide bonds. The lowest BCUT2D eigenvalue weighted by atomic mass is 10.2. The number of carbonyl (C=O) groups is 1. The zero-order valence-electron chi connectivity index (χ0n) is 13.4. The van der Waals surface area contributed by atoms with Gasteiger partial charge >= 0.3 is 0 Å². The van der Waals surface area contributed by atoms with E-state index in [0.29, 0.717) is 5.75 Å². The molecule has 1 aromatic rings. The minimum Gasteiger partial charge on any atom is -0.497 e. The summed E-state index contributed by atoms with van der Waals surface area (Å²) in [5.41, 5.74) is 0.762. The molecule has 0 bridgehead atoms. The number of methoxy groups -OCH3 is 2. The molecule has 0 heterocycles. The Labute approximate surface area is 127 Å². The van der Waals surface area contributed by atoms with Crippen LogP contribution in [0.25, 0.3) is 0 Å². The van der Waals surface area contributed by atoms with Gasteiger partial charge in [0.15, 0.2) is 0 Å². The lowest BCUT2D eigenvalue weighted by molar-refractivity contribution is -0.129. The largest absolute Gasteiger partial charge is 0.497 e. The van der Waals surface area contributed by atoms with Gasteiger partial charge in [-0.1, -0.05) is 13.8 Å². The van der Waals surface area contributed by atoms with E-state index in [-0.39, 0.29) is 12.5 Å². The number of benzene rings is 1. The van der Waals surface area contributed by atoms with Crippen molar-refractivity contribution in [1.82, 2.24) is 4.90 Å². The standard InChI is InChI=1S/C16H26N2O3/c1-5-9-18(10-6-2)16(19)12-17-14-11-13(20-3)7-8-15(14)21-4/h7-8,11,17H,5-6,9-10,12H2,1-4H3. The van der Waals surface area contributed by atoms with Crippen LogP contribution in [-0.2, 0) is 4.79 Å². The number of carbonyl (C=O) groups excluding carboxylic acids is 1. The van der Waals surface area contributed by atoms with Gasteiger partial charge in [-0.15, -0.1) is 0 Å². The SMILES string of the molecule is CCCN(CCC)C(=O)CNc1cc(OC)ccc1OC. The van der Waals surface area contributed by atoms with Gasteiger partial charge in [-0.3, -0.25) is 4.79 Å². The maximum Gasteiger partial charge on any atom is 0.241 e. The Morgan fingerprint density at radius 2 is 1.81 bits per heavy atom. The minimum atomic E-state index is 0.101. The summed E-state index contributed by atoms with van der Waals surface area (Å²) in [4.78, 5) is 14.1. The Hall–Kier alpha value is -1.91. The highest BCUT2D eigenvalue weighted by Gasteiger charge is 2.12. The summed E-state index contributed by atoms with van der Waals surface area (Å²) in [5, 5.41) is 3.14. The fourth-order valence-corrected chi connectivity index (χ4v) is 2.14. The van der Waals surface area contributed by atoms with E-state index in [1.54, 1.807) is 14.2 Å². The molecule has 5 nitrogen and oxygen atoms in total. The van der Waals surface area contributed by atoms with E-state index in [1.807, 2.05) is 23.1 Å². The fraction of sp³-hybridized carbons (Fsp3) is 0.562. The fourth-order valence-electron chi connectivity index (χ4n) is 2.14. The van der Waals surface area contributed by atoms with Crippen molar-refractivity contribution < 1.29 is 14.3 Å². The second-order valence-electron chi connectivity index (χ2n) is 4.80. The monoisotopic (exact) mass is 294 g/mol. The van der Waals surface area contributed by atoms with Crippen molar-refractivity contribution >= 4 is 11.6 Å². The summed E-state index contributed by atoms with van der Waals surface area (Å²) in [6.07, 6.45) is 1.93. The lowest BCUT2D eigenvalue weighted by Crippen LogP contribution is -2.36. The van der Waals surface area contributed by atoms with Gasteiger partial charge in [-0.05, 0) is 25.0 Å². The molecule has 0 atom stereocenters. The molecule has 1 rings (SSSR count). The summed E-state index contributed by atoms with van der Waals surface area (Å²) in [5.74, 6) is 1.52. The van der Waals surface area contributed by atoms with Gasteiger partial charge in [0, 0.05) is 19.2 Å². The number of amides is 1.